The Bertz CT molecular complexity index is 513. The Morgan fingerprint density at radius 1 is 0.719 bits per heavy atom. The first-order chi connectivity index (χ1) is 15.6. The maximum atomic E-state index is 12.8. The summed E-state index contributed by atoms with van der Waals surface area (Å²) in [5, 5.41) is 0. The van der Waals surface area contributed by atoms with Crippen LogP contribution in [0.2, 0.25) is 0 Å². The van der Waals surface area contributed by atoms with E-state index in [9.17, 15) is 4.79 Å². The normalized spacial score (nSPS) is 36.0. The minimum absolute atomic E-state index is 0.141. The predicted molar refractivity (Wildman–Crippen MR) is 136 cm³/mol. The highest BCUT2D eigenvalue weighted by Crippen LogP contribution is 2.45. The molecule has 0 aromatic rings. The van der Waals surface area contributed by atoms with Crippen LogP contribution in [0.1, 0.15) is 143 Å². The van der Waals surface area contributed by atoms with Crippen molar-refractivity contribution in [1.82, 2.24) is 0 Å². The molecule has 3 fully saturated rings. The second-order valence-electron chi connectivity index (χ2n) is 12.0. The van der Waals surface area contributed by atoms with Crippen LogP contribution in [-0.2, 0) is 9.53 Å². The van der Waals surface area contributed by atoms with Crippen LogP contribution in [0.4, 0.5) is 0 Å². The van der Waals surface area contributed by atoms with E-state index in [0.29, 0.717) is 0 Å². The molecule has 186 valence electrons. The summed E-state index contributed by atoms with van der Waals surface area (Å²) in [6, 6.07) is 0. The zero-order valence-electron chi connectivity index (χ0n) is 21.8. The van der Waals surface area contributed by atoms with Gasteiger partial charge in [0.25, 0.3) is 0 Å². The molecule has 3 saturated carbocycles. The van der Waals surface area contributed by atoms with Crippen LogP contribution >= 0.6 is 0 Å². The number of rotatable bonds is 11. The third-order valence-electron chi connectivity index (χ3n) is 9.54. The molecule has 0 amide bonds. The highest BCUT2D eigenvalue weighted by atomic mass is 16.5. The van der Waals surface area contributed by atoms with Gasteiger partial charge in [0.15, 0.2) is 0 Å². The lowest BCUT2D eigenvalue weighted by Gasteiger charge is -2.41. The average Bonchev–Trinajstić information content (AvgIpc) is 2.81. The summed E-state index contributed by atoms with van der Waals surface area (Å²) in [4.78, 5) is 12.8. The lowest BCUT2D eigenvalue weighted by molar-refractivity contribution is -0.157. The lowest BCUT2D eigenvalue weighted by Crippen LogP contribution is -2.34. The summed E-state index contributed by atoms with van der Waals surface area (Å²) >= 11 is 0. The fourth-order valence-electron chi connectivity index (χ4n) is 7.52. The molecule has 3 aliphatic carbocycles. The van der Waals surface area contributed by atoms with Crippen molar-refractivity contribution in [1.29, 1.82) is 0 Å². The van der Waals surface area contributed by atoms with Gasteiger partial charge in [0, 0.05) is 0 Å². The van der Waals surface area contributed by atoms with Crippen molar-refractivity contribution in [3.05, 3.63) is 0 Å². The van der Waals surface area contributed by atoms with Crippen LogP contribution < -0.4 is 0 Å². The summed E-state index contributed by atoms with van der Waals surface area (Å²) in [5.74, 6) is 4.86. The van der Waals surface area contributed by atoms with E-state index in [-0.39, 0.29) is 18.0 Å². The third-order valence-corrected chi connectivity index (χ3v) is 9.54. The fraction of sp³-hybridized carbons (Fsp3) is 0.967. The molecule has 2 nitrogen and oxygen atoms in total. The summed E-state index contributed by atoms with van der Waals surface area (Å²) in [6.45, 7) is 7.12. The average molecular weight is 447 g/mol. The number of carbonyl (C=O) groups excluding carboxylic acids is 1. The molecular weight excluding hydrogens is 392 g/mol. The van der Waals surface area contributed by atoms with Crippen LogP contribution in [0, 0.1) is 35.5 Å². The first-order valence-electron chi connectivity index (χ1n) is 14.8. The highest BCUT2D eigenvalue weighted by molar-refractivity contribution is 5.72. The van der Waals surface area contributed by atoms with Crippen molar-refractivity contribution in [2.75, 3.05) is 0 Å². The summed E-state index contributed by atoms with van der Waals surface area (Å²) in [6.07, 6.45) is 25.2. The molecule has 0 spiro atoms. The predicted octanol–water partition coefficient (Wildman–Crippen LogP) is 9.11. The number of hydrogen-bond donors (Lipinski definition) is 0. The number of esters is 1. The SMILES string of the molecule is CCCCCCCC1CCC([C@H]2CC[C@H](C(=O)O[C@H]3CC[C@H](CCC)CC3)CC2)C(C)C1. The van der Waals surface area contributed by atoms with Crippen LogP contribution in [0.5, 0.6) is 0 Å². The first-order valence-corrected chi connectivity index (χ1v) is 14.8. The van der Waals surface area contributed by atoms with Crippen LogP contribution in [0.25, 0.3) is 0 Å². The van der Waals surface area contributed by atoms with Gasteiger partial charge in [-0.2, -0.15) is 0 Å². The molecule has 3 unspecified atom stereocenters. The van der Waals surface area contributed by atoms with E-state index in [1.807, 2.05) is 0 Å². The smallest absolute Gasteiger partial charge is 0.309 e. The molecule has 32 heavy (non-hydrogen) atoms. The monoisotopic (exact) mass is 446 g/mol. The van der Waals surface area contributed by atoms with E-state index in [2.05, 4.69) is 20.8 Å². The zero-order valence-corrected chi connectivity index (χ0v) is 21.8. The third kappa shape index (κ3) is 8.05. The minimum Gasteiger partial charge on any atom is -0.462 e. The quantitative estimate of drug-likeness (QED) is 0.233. The highest BCUT2D eigenvalue weighted by Gasteiger charge is 2.37. The number of unbranched alkanes of at least 4 members (excludes halogenated alkanes) is 4. The van der Waals surface area contributed by atoms with Gasteiger partial charge < -0.3 is 4.74 Å². The Hall–Kier alpha value is -0.530. The molecule has 3 rings (SSSR count). The van der Waals surface area contributed by atoms with Crippen molar-refractivity contribution in [2.24, 2.45) is 35.5 Å². The van der Waals surface area contributed by atoms with Gasteiger partial charge in [-0.1, -0.05) is 78.6 Å². The second-order valence-corrected chi connectivity index (χ2v) is 12.0. The van der Waals surface area contributed by atoms with Gasteiger partial charge >= 0.3 is 5.97 Å². The van der Waals surface area contributed by atoms with E-state index in [1.54, 1.807) is 0 Å². The maximum absolute atomic E-state index is 12.8. The van der Waals surface area contributed by atoms with Crippen molar-refractivity contribution in [3.8, 4) is 0 Å². The Labute approximate surface area is 200 Å². The molecule has 2 heteroatoms. The summed E-state index contributed by atoms with van der Waals surface area (Å²) < 4.78 is 6.00. The molecule has 0 aromatic heterocycles. The van der Waals surface area contributed by atoms with E-state index < -0.39 is 0 Å². The van der Waals surface area contributed by atoms with E-state index in [0.717, 1.165) is 55.3 Å². The Kier molecular flexibility index (Phi) is 11.4. The molecule has 0 saturated heterocycles. The van der Waals surface area contributed by atoms with Crippen molar-refractivity contribution in [2.45, 2.75) is 149 Å². The number of ether oxygens (including phenoxy) is 1. The molecule has 0 aromatic carbocycles. The topological polar surface area (TPSA) is 26.3 Å². The first kappa shape index (κ1) is 26.1. The molecule has 0 aliphatic heterocycles. The maximum Gasteiger partial charge on any atom is 0.309 e. The van der Waals surface area contributed by atoms with Gasteiger partial charge in [0.2, 0.25) is 0 Å². The standard InChI is InChI=1S/C30H54O2/c1-4-6-7-8-9-11-25-14-21-29(23(3)22-25)26-15-17-27(18-16-26)30(31)32-28-19-12-24(10-5-2)13-20-28/h23-29H,4-22H2,1-3H3/t23?,24-,25?,26-,27-,28-,29?. The van der Waals surface area contributed by atoms with Crippen molar-refractivity contribution in [3.63, 3.8) is 0 Å². The molecule has 3 aliphatic rings. The second kappa shape index (κ2) is 14.0. The summed E-state index contributed by atoms with van der Waals surface area (Å²) in [7, 11) is 0. The van der Waals surface area contributed by atoms with Gasteiger partial charge in [-0.15, -0.1) is 0 Å². The van der Waals surface area contributed by atoms with Crippen LogP contribution in [0.3, 0.4) is 0 Å². The van der Waals surface area contributed by atoms with E-state index in [4.69, 9.17) is 4.74 Å². The van der Waals surface area contributed by atoms with Crippen LogP contribution in [0.15, 0.2) is 0 Å². The Morgan fingerprint density at radius 3 is 2.06 bits per heavy atom. The fourth-order valence-corrected chi connectivity index (χ4v) is 7.52. The van der Waals surface area contributed by atoms with Crippen LogP contribution in [-0.4, -0.2) is 12.1 Å². The number of hydrogen-bond acceptors (Lipinski definition) is 2. The largest absolute Gasteiger partial charge is 0.462 e. The van der Waals surface area contributed by atoms with Gasteiger partial charge in [0.1, 0.15) is 6.10 Å². The summed E-state index contributed by atoms with van der Waals surface area (Å²) in [5.41, 5.74) is 0. The lowest BCUT2D eigenvalue weighted by atomic mass is 9.64. The zero-order chi connectivity index (χ0) is 22.8. The molecule has 3 atom stereocenters. The minimum atomic E-state index is 0.141. The Balaban J connectivity index is 1.32. The van der Waals surface area contributed by atoms with E-state index >= 15 is 0 Å². The Morgan fingerprint density at radius 2 is 1.41 bits per heavy atom. The molecular formula is C30H54O2. The van der Waals surface area contributed by atoms with Gasteiger partial charge in [-0.25, -0.2) is 0 Å². The van der Waals surface area contributed by atoms with Gasteiger partial charge in [0.05, 0.1) is 5.92 Å². The van der Waals surface area contributed by atoms with Gasteiger partial charge in [-0.3, -0.25) is 4.79 Å². The molecule has 0 radical (unpaired) electrons. The van der Waals surface area contributed by atoms with Crippen molar-refractivity contribution < 1.29 is 9.53 Å². The van der Waals surface area contributed by atoms with E-state index in [1.165, 1.54) is 96.3 Å². The molecule has 0 N–H and O–H groups in total. The number of carbonyl (C=O) groups is 1. The molecule has 0 bridgehead atoms. The van der Waals surface area contributed by atoms with Crippen molar-refractivity contribution >= 4 is 5.97 Å². The van der Waals surface area contributed by atoms with Gasteiger partial charge in [-0.05, 0) is 93.8 Å². The molecule has 0 heterocycles.